The molecule has 0 aliphatic carbocycles. The molecule has 0 amide bonds. The monoisotopic (exact) mass is 256 g/mol. The van der Waals surface area contributed by atoms with E-state index in [-0.39, 0.29) is 0 Å². The summed E-state index contributed by atoms with van der Waals surface area (Å²) in [6, 6.07) is 10.0. The number of hydrogen-bond acceptors (Lipinski definition) is 4. The summed E-state index contributed by atoms with van der Waals surface area (Å²) in [6.45, 7) is 0.933. The Bertz CT molecular complexity index is 584. The van der Waals surface area contributed by atoms with Crippen LogP contribution in [0.5, 0.6) is 11.5 Å². The first-order valence-corrected chi connectivity index (χ1v) is 6.27. The lowest BCUT2D eigenvalue weighted by molar-refractivity contribution is 0.355. The highest BCUT2D eigenvalue weighted by molar-refractivity contribution is 5.71. The van der Waals surface area contributed by atoms with Crippen molar-refractivity contribution < 1.29 is 9.47 Å². The van der Waals surface area contributed by atoms with Gasteiger partial charge < -0.3 is 14.4 Å². The van der Waals surface area contributed by atoms with Crippen LogP contribution in [0.15, 0.2) is 36.5 Å². The van der Waals surface area contributed by atoms with Gasteiger partial charge in [0, 0.05) is 24.5 Å². The fourth-order valence-electron chi connectivity index (χ4n) is 2.47. The largest absolute Gasteiger partial charge is 0.493 e. The maximum absolute atomic E-state index is 5.37. The molecule has 0 radical (unpaired) electrons. The summed E-state index contributed by atoms with van der Waals surface area (Å²) >= 11 is 0. The summed E-state index contributed by atoms with van der Waals surface area (Å²) in [6.07, 6.45) is 2.81. The molecule has 3 rings (SSSR count). The molecular weight excluding hydrogens is 240 g/mol. The molecule has 1 aromatic carbocycles. The van der Waals surface area contributed by atoms with Gasteiger partial charge in [-0.1, -0.05) is 6.07 Å². The van der Waals surface area contributed by atoms with Crippen LogP contribution in [0.3, 0.4) is 0 Å². The van der Waals surface area contributed by atoms with Crippen molar-refractivity contribution in [3.05, 3.63) is 42.1 Å². The van der Waals surface area contributed by atoms with E-state index in [1.54, 1.807) is 14.2 Å². The number of pyridine rings is 1. The van der Waals surface area contributed by atoms with Crippen LogP contribution in [-0.2, 0) is 6.42 Å². The zero-order chi connectivity index (χ0) is 13.2. The molecule has 0 atom stereocenters. The number of benzene rings is 1. The zero-order valence-electron chi connectivity index (χ0n) is 11.1. The second-order valence-electron chi connectivity index (χ2n) is 4.43. The van der Waals surface area contributed by atoms with Crippen LogP contribution in [0, 0.1) is 0 Å². The van der Waals surface area contributed by atoms with Gasteiger partial charge in [0.25, 0.3) is 0 Å². The number of ether oxygens (including phenoxy) is 2. The van der Waals surface area contributed by atoms with Crippen LogP contribution in [0.4, 0.5) is 11.5 Å². The highest BCUT2D eigenvalue weighted by Crippen LogP contribution is 2.40. The number of rotatable bonds is 3. The van der Waals surface area contributed by atoms with Crippen molar-refractivity contribution in [3.8, 4) is 11.5 Å². The van der Waals surface area contributed by atoms with Gasteiger partial charge in [0.1, 0.15) is 5.82 Å². The molecule has 0 unspecified atom stereocenters. The molecule has 4 heteroatoms. The maximum Gasteiger partial charge on any atom is 0.162 e. The van der Waals surface area contributed by atoms with E-state index in [1.165, 1.54) is 5.56 Å². The van der Waals surface area contributed by atoms with Crippen molar-refractivity contribution in [3.63, 3.8) is 0 Å². The number of methoxy groups -OCH3 is 2. The van der Waals surface area contributed by atoms with Gasteiger partial charge in [0.15, 0.2) is 11.5 Å². The van der Waals surface area contributed by atoms with Gasteiger partial charge in [0.2, 0.25) is 0 Å². The highest BCUT2D eigenvalue weighted by Gasteiger charge is 2.23. The van der Waals surface area contributed by atoms with Crippen molar-refractivity contribution >= 4 is 11.5 Å². The fraction of sp³-hybridized carbons (Fsp3) is 0.267. The average molecular weight is 256 g/mol. The van der Waals surface area contributed by atoms with E-state index in [1.807, 2.05) is 30.5 Å². The lowest BCUT2D eigenvalue weighted by Gasteiger charge is -2.19. The fourth-order valence-corrected chi connectivity index (χ4v) is 2.47. The molecule has 2 heterocycles. The summed E-state index contributed by atoms with van der Waals surface area (Å²) in [5.41, 5.74) is 2.42. The third kappa shape index (κ3) is 1.99. The summed E-state index contributed by atoms with van der Waals surface area (Å²) in [7, 11) is 3.32. The zero-order valence-corrected chi connectivity index (χ0v) is 11.1. The Morgan fingerprint density at radius 3 is 2.58 bits per heavy atom. The van der Waals surface area contributed by atoms with Crippen molar-refractivity contribution in [2.45, 2.75) is 6.42 Å². The van der Waals surface area contributed by atoms with E-state index in [0.717, 1.165) is 36.0 Å². The standard InChI is InChI=1S/C15H16N2O2/c1-18-13-9-11-6-8-17(12(11)10-14(13)19-2)15-5-3-4-7-16-15/h3-5,7,9-10H,6,8H2,1-2H3. The minimum Gasteiger partial charge on any atom is -0.493 e. The van der Waals surface area contributed by atoms with E-state index >= 15 is 0 Å². The Morgan fingerprint density at radius 1 is 1.11 bits per heavy atom. The molecule has 0 bridgehead atoms. The molecule has 4 nitrogen and oxygen atoms in total. The lowest BCUT2D eigenvalue weighted by Crippen LogP contribution is -2.14. The van der Waals surface area contributed by atoms with E-state index < -0.39 is 0 Å². The van der Waals surface area contributed by atoms with Gasteiger partial charge >= 0.3 is 0 Å². The minimum absolute atomic E-state index is 0.754. The molecule has 2 aromatic rings. The summed E-state index contributed by atoms with van der Waals surface area (Å²) in [4.78, 5) is 6.62. The summed E-state index contributed by atoms with van der Waals surface area (Å²) in [5.74, 6) is 2.50. The van der Waals surface area contributed by atoms with Gasteiger partial charge in [-0.25, -0.2) is 4.98 Å². The Kier molecular flexibility index (Phi) is 2.99. The number of fused-ring (bicyclic) bond motifs is 1. The molecule has 1 aromatic heterocycles. The first-order valence-electron chi connectivity index (χ1n) is 6.27. The molecule has 1 aliphatic heterocycles. The van der Waals surface area contributed by atoms with Crippen LogP contribution < -0.4 is 14.4 Å². The second-order valence-corrected chi connectivity index (χ2v) is 4.43. The van der Waals surface area contributed by atoms with E-state index in [2.05, 4.69) is 16.0 Å². The van der Waals surface area contributed by atoms with E-state index in [4.69, 9.17) is 9.47 Å². The molecule has 19 heavy (non-hydrogen) atoms. The van der Waals surface area contributed by atoms with Crippen LogP contribution in [0.25, 0.3) is 0 Å². The van der Waals surface area contributed by atoms with Crippen LogP contribution in [-0.4, -0.2) is 25.7 Å². The number of nitrogens with zero attached hydrogens (tertiary/aromatic N) is 2. The molecular formula is C15H16N2O2. The Balaban J connectivity index is 2.05. The Morgan fingerprint density at radius 2 is 1.89 bits per heavy atom. The summed E-state index contributed by atoms with van der Waals surface area (Å²) < 4.78 is 10.7. The maximum atomic E-state index is 5.37. The third-order valence-corrected chi connectivity index (χ3v) is 3.41. The number of aromatic nitrogens is 1. The molecule has 1 aliphatic rings. The lowest BCUT2D eigenvalue weighted by atomic mass is 10.1. The SMILES string of the molecule is COc1cc2c(cc1OC)N(c1ccccn1)CC2. The minimum atomic E-state index is 0.754. The number of hydrogen-bond donors (Lipinski definition) is 0. The molecule has 0 saturated heterocycles. The van der Waals surface area contributed by atoms with Gasteiger partial charge in [0.05, 0.1) is 14.2 Å². The average Bonchev–Trinajstić information content (AvgIpc) is 2.89. The predicted molar refractivity (Wildman–Crippen MR) is 74.5 cm³/mol. The van der Waals surface area contributed by atoms with Gasteiger partial charge in [-0.3, -0.25) is 0 Å². The third-order valence-electron chi connectivity index (χ3n) is 3.41. The van der Waals surface area contributed by atoms with Crippen molar-refractivity contribution in [1.29, 1.82) is 0 Å². The predicted octanol–water partition coefficient (Wildman–Crippen LogP) is 2.79. The summed E-state index contributed by atoms with van der Waals surface area (Å²) in [5, 5.41) is 0. The smallest absolute Gasteiger partial charge is 0.162 e. The Labute approximate surface area is 112 Å². The van der Waals surface area contributed by atoms with Gasteiger partial charge in [-0.2, -0.15) is 0 Å². The quantitative estimate of drug-likeness (QED) is 0.845. The van der Waals surface area contributed by atoms with Crippen LogP contribution in [0.2, 0.25) is 0 Å². The van der Waals surface area contributed by atoms with Gasteiger partial charge in [-0.15, -0.1) is 0 Å². The van der Waals surface area contributed by atoms with Crippen LogP contribution >= 0.6 is 0 Å². The van der Waals surface area contributed by atoms with Crippen molar-refractivity contribution in [2.75, 3.05) is 25.7 Å². The normalized spacial score (nSPS) is 13.3. The van der Waals surface area contributed by atoms with Crippen molar-refractivity contribution in [2.24, 2.45) is 0 Å². The second kappa shape index (κ2) is 4.80. The molecule has 0 fully saturated rings. The van der Waals surface area contributed by atoms with Crippen molar-refractivity contribution in [1.82, 2.24) is 4.98 Å². The topological polar surface area (TPSA) is 34.6 Å². The Hall–Kier alpha value is -2.23. The molecule has 0 spiro atoms. The van der Waals surface area contributed by atoms with E-state index in [0.29, 0.717) is 0 Å². The molecule has 0 saturated carbocycles. The first-order chi connectivity index (χ1) is 9.33. The highest BCUT2D eigenvalue weighted by atomic mass is 16.5. The molecule has 98 valence electrons. The molecule has 0 N–H and O–H groups in total. The van der Waals surface area contributed by atoms with Crippen LogP contribution in [0.1, 0.15) is 5.56 Å². The first kappa shape index (κ1) is 11.8. The number of anilines is 2. The van der Waals surface area contributed by atoms with Gasteiger partial charge in [-0.05, 0) is 30.2 Å². The van der Waals surface area contributed by atoms with E-state index in [9.17, 15) is 0 Å².